The Morgan fingerprint density at radius 3 is 3.00 bits per heavy atom. The summed E-state index contributed by atoms with van der Waals surface area (Å²) in [5, 5.41) is 10.4. The van der Waals surface area contributed by atoms with Crippen molar-refractivity contribution in [1.29, 1.82) is 0 Å². The number of carbonyl (C=O) groups excluding carboxylic acids is 1. The summed E-state index contributed by atoms with van der Waals surface area (Å²) in [6, 6.07) is 0. The van der Waals surface area contributed by atoms with E-state index in [0.717, 1.165) is 31.7 Å². The summed E-state index contributed by atoms with van der Waals surface area (Å²) in [4.78, 5) is 11.9. The molecule has 1 aromatic rings. The molecule has 2 N–H and O–H groups in total. The number of nitrogens with one attached hydrogen (secondary N) is 2. The van der Waals surface area contributed by atoms with Crippen molar-refractivity contribution >= 4 is 18.3 Å². The zero-order valence-corrected chi connectivity index (χ0v) is 11.7. The first kappa shape index (κ1) is 15.0. The van der Waals surface area contributed by atoms with E-state index in [1.807, 2.05) is 14.0 Å². The van der Waals surface area contributed by atoms with Gasteiger partial charge in [0, 0.05) is 19.3 Å². The average molecular weight is 273 g/mol. The van der Waals surface area contributed by atoms with Gasteiger partial charge in [0.05, 0.1) is 11.8 Å². The van der Waals surface area contributed by atoms with Gasteiger partial charge in [0.2, 0.25) is 0 Å². The van der Waals surface area contributed by atoms with Gasteiger partial charge in [-0.3, -0.25) is 9.48 Å². The van der Waals surface area contributed by atoms with Crippen molar-refractivity contribution in [2.75, 3.05) is 19.6 Å². The first-order valence-electron chi connectivity index (χ1n) is 6.16. The van der Waals surface area contributed by atoms with Gasteiger partial charge in [-0.15, -0.1) is 12.4 Å². The molecular formula is C12H21ClN4O. The molecule has 1 fully saturated rings. The smallest absolute Gasteiger partial charge is 0.254 e. The Labute approximate surface area is 114 Å². The van der Waals surface area contributed by atoms with Crippen molar-refractivity contribution in [3.05, 3.63) is 17.5 Å². The molecule has 1 aromatic heterocycles. The Morgan fingerprint density at radius 2 is 2.44 bits per heavy atom. The minimum atomic E-state index is -0.0124. The Bertz CT molecular complexity index is 399. The molecule has 2 heterocycles. The van der Waals surface area contributed by atoms with E-state index >= 15 is 0 Å². The lowest BCUT2D eigenvalue weighted by molar-refractivity contribution is 0.0951. The summed E-state index contributed by atoms with van der Waals surface area (Å²) >= 11 is 0. The Morgan fingerprint density at radius 1 is 1.67 bits per heavy atom. The van der Waals surface area contributed by atoms with Gasteiger partial charge in [-0.2, -0.15) is 5.10 Å². The van der Waals surface area contributed by atoms with Crippen LogP contribution in [0.4, 0.5) is 0 Å². The van der Waals surface area contributed by atoms with E-state index in [0.29, 0.717) is 11.5 Å². The third-order valence-electron chi connectivity index (χ3n) is 3.48. The summed E-state index contributed by atoms with van der Waals surface area (Å²) in [7, 11) is 1.84. The van der Waals surface area contributed by atoms with Crippen LogP contribution in [0, 0.1) is 12.8 Å². The van der Waals surface area contributed by atoms with Crippen LogP contribution in [0.15, 0.2) is 6.20 Å². The predicted octanol–water partition coefficient (Wildman–Crippen LogP) is 0.880. The van der Waals surface area contributed by atoms with Crippen LogP contribution in [0.3, 0.4) is 0 Å². The maximum Gasteiger partial charge on any atom is 0.254 e. The third kappa shape index (κ3) is 3.46. The summed E-state index contributed by atoms with van der Waals surface area (Å²) in [6.45, 7) is 4.85. The summed E-state index contributed by atoms with van der Waals surface area (Å²) < 4.78 is 1.72. The van der Waals surface area contributed by atoms with Crippen LogP contribution in [0.2, 0.25) is 0 Å². The fourth-order valence-electron chi connectivity index (χ4n) is 2.17. The van der Waals surface area contributed by atoms with E-state index in [1.165, 1.54) is 6.42 Å². The normalized spacial score (nSPS) is 18.4. The highest BCUT2D eigenvalue weighted by Gasteiger charge is 2.16. The van der Waals surface area contributed by atoms with Crippen molar-refractivity contribution in [2.24, 2.45) is 13.0 Å². The summed E-state index contributed by atoms with van der Waals surface area (Å²) in [5.74, 6) is 0.701. The highest BCUT2D eigenvalue weighted by Crippen LogP contribution is 2.11. The molecule has 1 unspecified atom stereocenters. The predicted molar refractivity (Wildman–Crippen MR) is 73.1 cm³/mol. The van der Waals surface area contributed by atoms with E-state index < -0.39 is 0 Å². The zero-order valence-electron chi connectivity index (χ0n) is 10.9. The van der Waals surface area contributed by atoms with Crippen LogP contribution in [0.1, 0.15) is 28.9 Å². The molecule has 1 amide bonds. The van der Waals surface area contributed by atoms with Gasteiger partial charge in [0.1, 0.15) is 0 Å². The molecule has 102 valence electrons. The molecule has 5 nitrogen and oxygen atoms in total. The first-order valence-corrected chi connectivity index (χ1v) is 6.16. The van der Waals surface area contributed by atoms with Crippen molar-refractivity contribution in [3.8, 4) is 0 Å². The largest absolute Gasteiger partial charge is 0.352 e. The summed E-state index contributed by atoms with van der Waals surface area (Å²) in [5.41, 5.74) is 1.59. The fourth-order valence-corrected chi connectivity index (χ4v) is 2.17. The molecule has 0 aliphatic carbocycles. The van der Waals surface area contributed by atoms with Gasteiger partial charge in [0.15, 0.2) is 0 Å². The number of nitrogens with zero attached hydrogens (tertiary/aromatic N) is 2. The minimum absolute atomic E-state index is 0. The van der Waals surface area contributed by atoms with E-state index in [2.05, 4.69) is 15.7 Å². The first-order chi connectivity index (χ1) is 8.18. The van der Waals surface area contributed by atoms with Gasteiger partial charge < -0.3 is 10.6 Å². The number of hydrogen-bond acceptors (Lipinski definition) is 3. The molecule has 1 aliphatic heterocycles. The van der Waals surface area contributed by atoms with Gasteiger partial charge in [-0.1, -0.05) is 0 Å². The lowest BCUT2D eigenvalue weighted by Crippen LogP contribution is -2.26. The highest BCUT2D eigenvalue weighted by molar-refractivity contribution is 5.94. The third-order valence-corrected chi connectivity index (χ3v) is 3.48. The Balaban J connectivity index is 0.00000162. The number of carbonyl (C=O) groups is 1. The van der Waals surface area contributed by atoms with Crippen molar-refractivity contribution in [2.45, 2.75) is 19.8 Å². The topological polar surface area (TPSA) is 59.0 Å². The molecule has 1 saturated heterocycles. The highest BCUT2D eigenvalue weighted by atomic mass is 35.5. The van der Waals surface area contributed by atoms with E-state index in [-0.39, 0.29) is 18.3 Å². The molecular weight excluding hydrogens is 252 g/mol. The summed E-state index contributed by atoms with van der Waals surface area (Å²) in [6.07, 6.45) is 3.90. The van der Waals surface area contributed by atoms with E-state index in [1.54, 1.807) is 10.9 Å². The molecule has 0 aromatic carbocycles. The lowest BCUT2D eigenvalue weighted by atomic mass is 10.1. The second-order valence-corrected chi connectivity index (χ2v) is 4.67. The van der Waals surface area contributed by atoms with Crippen LogP contribution < -0.4 is 10.6 Å². The van der Waals surface area contributed by atoms with E-state index in [4.69, 9.17) is 0 Å². The zero-order chi connectivity index (χ0) is 12.3. The fraction of sp³-hybridized carbons (Fsp3) is 0.667. The molecule has 0 spiro atoms. The molecule has 0 bridgehead atoms. The van der Waals surface area contributed by atoms with Gasteiger partial charge >= 0.3 is 0 Å². The Kier molecular flexibility index (Phi) is 5.62. The van der Waals surface area contributed by atoms with E-state index in [9.17, 15) is 4.79 Å². The standard InChI is InChI=1S/C12H20N4O.ClH/c1-9-11(8-15-16(9)2)12(17)14-6-4-10-3-5-13-7-10;/h8,10,13H,3-7H2,1-2H3,(H,14,17);1H. The molecule has 0 radical (unpaired) electrons. The number of aryl methyl sites for hydroxylation is 1. The number of hydrogen-bond donors (Lipinski definition) is 2. The number of rotatable bonds is 4. The number of halogens is 1. The molecule has 1 aliphatic rings. The monoisotopic (exact) mass is 272 g/mol. The van der Waals surface area contributed by atoms with Gasteiger partial charge in [-0.25, -0.2) is 0 Å². The van der Waals surface area contributed by atoms with Gasteiger partial charge in [-0.05, 0) is 38.8 Å². The molecule has 2 rings (SSSR count). The van der Waals surface area contributed by atoms with Gasteiger partial charge in [0.25, 0.3) is 5.91 Å². The second-order valence-electron chi connectivity index (χ2n) is 4.67. The average Bonchev–Trinajstić information content (AvgIpc) is 2.91. The maximum atomic E-state index is 11.9. The van der Waals surface area contributed by atoms with Crippen LogP contribution in [0.5, 0.6) is 0 Å². The SMILES string of the molecule is Cc1c(C(=O)NCCC2CCNC2)cnn1C.Cl. The quantitative estimate of drug-likeness (QED) is 0.856. The minimum Gasteiger partial charge on any atom is -0.352 e. The molecule has 1 atom stereocenters. The van der Waals surface area contributed by atoms with Crippen molar-refractivity contribution < 1.29 is 4.79 Å². The number of aromatic nitrogens is 2. The van der Waals surface area contributed by atoms with Crippen molar-refractivity contribution in [3.63, 3.8) is 0 Å². The lowest BCUT2D eigenvalue weighted by Gasteiger charge is -2.09. The van der Waals surface area contributed by atoms with Crippen LogP contribution in [0.25, 0.3) is 0 Å². The molecule has 6 heteroatoms. The van der Waals surface area contributed by atoms with Crippen molar-refractivity contribution in [1.82, 2.24) is 20.4 Å². The molecule has 0 saturated carbocycles. The molecule has 18 heavy (non-hydrogen) atoms. The Hall–Kier alpha value is -1.07. The van der Waals surface area contributed by atoms with Crippen LogP contribution in [-0.4, -0.2) is 35.3 Å². The second kappa shape index (κ2) is 6.75. The van der Waals surface area contributed by atoms with Crippen LogP contribution >= 0.6 is 12.4 Å². The maximum absolute atomic E-state index is 11.9. The number of amides is 1. The van der Waals surface area contributed by atoms with Crippen LogP contribution in [-0.2, 0) is 7.05 Å².